The molecule has 0 aliphatic heterocycles. The van der Waals surface area contributed by atoms with Gasteiger partial charge < -0.3 is 26.3 Å². The van der Waals surface area contributed by atoms with E-state index in [-0.39, 0.29) is 65.3 Å². The van der Waals surface area contributed by atoms with Gasteiger partial charge in [0.15, 0.2) is 0 Å². The quantitative estimate of drug-likeness (QED) is 0.656. The summed E-state index contributed by atoms with van der Waals surface area (Å²) >= 11 is 0. The fraction of sp³-hybridized carbons (Fsp3) is 0.333. The van der Waals surface area contributed by atoms with Gasteiger partial charge in [0, 0.05) is 26.5 Å². The van der Waals surface area contributed by atoms with E-state index in [1.165, 1.54) is 5.69 Å². The molecule has 1 heterocycles. The third-order valence-corrected chi connectivity index (χ3v) is 1.10. The van der Waals surface area contributed by atoms with Crippen molar-refractivity contribution in [3.05, 3.63) is 18.5 Å². The third kappa shape index (κ3) is 10.5. The van der Waals surface area contributed by atoms with Gasteiger partial charge in [-0.1, -0.05) is 0 Å². The molecule has 0 unspecified atom stereocenters. The van der Waals surface area contributed by atoms with Crippen LogP contribution in [0.25, 0.3) is 0 Å². The minimum absolute atomic E-state index is 0. The summed E-state index contributed by atoms with van der Waals surface area (Å²) in [4.78, 5) is 5.02. The largest absolute Gasteiger partial charge is 3.00 e. The summed E-state index contributed by atoms with van der Waals surface area (Å²) in [5.74, 6) is 0. The number of H-pyrrole nitrogens is 1. The molecule has 0 atom stereocenters. The summed E-state index contributed by atoms with van der Waals surface area (Å²) in [7, 11) is 4.03. The molecule has 0 amide bonds. The molecular formula is C6H10N2O3Sb2. The Morgan fingerprint density at radius 1 is 1.08 bits per heavy atom. The fourth-order valence-electron chi connectivity index (χ4n) is 0.593. The maximum absolute atomic E-state index is 2.97. The van der Waals surface area contributed by atoms with Crippen LogP contribution >= 0.6 is 0 Å². The van der Waals surface area contributed by atoms with Crippen molar-refractivity contribution in [3.8, 4) is 0 Å². The van der Waals surface area contributed by atoms with Crippen molar-refractivity contribution >= 4 is 54.5 Å². The van der Waals surface area contributed by atoms with Crippen LogP contribution in [0.3, 0.4) is 0 Å². The van der Waals surface area contributed by atoms with Gasteiger partial charge in [0.25, 0.3) is 0 Å². The number of anilines is 1. The SMILES string of the molecule is CN(C)c1cc[nH]c1.[O-2].[O-2].[O-2].[Sb+3].[Sb+3]. The zero-order valence-corrected chi connectivity index (χ0v) is 12.4. The number of aromatic nitrogens is 1. The van der Waals surface area contributed by atoms with E-state index in [0.29, 0.717) is 0 Å². The Kier molecular flexibility index (Phi) is 33.9. The molecule has 0 saturated heterocycles. The zero-order chi connectivity index (χ0) is 5.98. The predicted octanol–water partition coefficient (Wildman–Crippen LogP) is -0.0373. The molecule has 13 heavy (non-hydrogen) atoms. The summed E-state index contributed by atoms with van der Waals surface area (Å²) in [6.07, 6.45) is 3.87. The van der Waals surface area contributed by atoms with E-state index in [1.807, 2.05) is 32.6 Å². The number of nitrogens with zero attached hydrogens (tertiary/aromatic N) is 1. The van der Waals surface area contributed by atoms with Gasteiger partial charge in [0.2, 0.25) is 0 Å². The average molecular weight is 402 g/mol. The zero-order valence-electron chi connectivity index (χ0n) is 7.30. The minimum Gasteiger partial charge on any atom is -2.00 e. The van der Waals surface area contributed by atoms with Gasteiger partial charge in [-0.2, -0.15) is 0 Å². The first-order valence-electron chi connectivity index (χ1n) is 2.61. The monoisotopic (exact) mass is 400 g/mol. The van der Waals surface area contributed by atoms with Crippen LogP contribution in [0.2, 0.25) is 0 Å². The molecule has 1 rings (SSSR count). The van der Waals surface area contributed by atoms with Crippen molar-refractivity contribution in [2.24, 2.45) is 0 Å². The first kappa shape index (κ1) is 29.2. The molecule has 0 fully saturated rings. The normalized spacial score (nSPS) is 5.69. The van der Waals surface area contributed by atoms with E-state index in [0.717, 1.165) is 0 Å². The summed E-state index contributed by atoms with van der Waals surface area (Å²) < 4.78 is 0. The van der Waals surface area contributed by atoms with Gasteiger partial charge in [-0.3, -0.25) is 0 Å². The van der Waals surface area contributed by atoms with Crippen molar-refractivity contribution in [1.29, 1.82) is 0 Å². The Morgan fingerprint density at radius 3 is 1.69 bits per heavy atom. The Bertz CT molecular complexity index is 159. The van der Waals surface area contributed by atoms with Gasteiger partial charge >= 0.3 is 48.9 Å². The van der Waals surface area contributed by atoms with Crippen LogP contribution in [-0.4, -0.2) is 67.9 Å². The molecule has 4 radical (unpaired) electrons. The molecule has 1 aromatic heterocycles. The van der Waals surface area contributed by atoms with Gasteiger partial charge in [-0.25, -0.2) is 0 Å². The fourth-order valence-corrected chi connectivity index (χ4v) is 0.593. The molecular weight excluding hydrogens is 392 g/mol. The first-order valence-corrected chi connectivity index (χ1v) is 2.61. The van der Waals surface area contributed by atoms with Crippen LogP contribution < -0.4 is 4.90 Å². The van der Waals surface area contributed by atoms with E-state index in [9.17, 15) is 0 Å². The van der Waals surface area contributed by atoms with Crippen LogP contribution in [0.1, 0.15) is 0 Å². The number of rotatable bonds is 1. The molecule has 0 spiro atoms. The van der Waals surface area contributed by atoms with E-state index >= 15 is 0 Å². The Labute approximate surface area is 113 Å². The topological polar surface area (TPSA) is 105 Å². The molecule has 0 aromatic carbocycles. The first-order chi connectivity index (χ1) is 3.80. The maximum atomic E-state index is 2.97. The summed E-state index contributed by atoms with van der Waals surface area (Å²) in [6, 6.07) is 2.03. The average Bonchev–Trinajstić information content (AvgIpc) is 2.12. The van der Waals surface area contributed by atoms with Crippen LogP contribution in [0.4, 0.5) is 5.69 Å². The van der Waals surface area contributed by atoms with Crippen molar-refractivity contribution < 1.29 is 16.4 Å². The number of hydrogen-bond donors (Lipinski definition) is 1. The van der Waals surface area contributed by atoms with Gasteiger partial charge in [0.05, 0.1) is 5.69 Å². The molecule has 5 nitrogen and oxygen atoms in total. The standard InChI is InChI=1S/C6H10N2.3O.2Sb/c1-8(2)6-3-4-7-5-6;;;;;/h3-5,7H,1-2H3;;;;;/q;3*-2;2*+3. The second-order valence-electron chi connectivity index (χ2n) is 1.96. The molecule has 0 bridgehead atoms. The van der Waals surface area contributed by atoms with E-state index in [1.54, 1.807) is 0 Å². The molecule has 0 aliphatic rings. The summed E-state index contributed by atoms with van der Waals surface area (Å²) in [6.45, 7) is 0. The number of nitrogens with one attached hydrogen (secondary N) is 1. The van der Waals surface area contributed by atoms with E-state index < -0.39 is 0 Å². The van der Waals surface area contributed by atoms with Crippen LogP contribution in [0, 0.1) is 0 Å². The Morgan fingerprint density at radius 2 is 1.54 bits per heavy atom. The van der Waals surface area contributed by atoms with Crippen molar-refractivity contribution in [1.82, 2.24) is 4.98 Å². The minimum atomic E-state index is 0. The smallest absolute Gasteiger partial charge is 2.00 e. The Balaban J connectivity index is -0.0000000427. The molecule has 72 valence electrons. The summed E-state index contributed by atoms with van der Waals surface area (Å²) in [5.41, 5.74) is 1.21. The summed E-state index contributed by atoms with van der Waals surface area (Å²) in [5, 5.41) is 0. The molecule has 1 N–H and O–H groups in total. The number of hydrogen-bond acceptors (Lipinski definition) is 1. The van der Waals surface area contributed by atoms with Gasteiger partial charge in [0.1, 0.15) is 0 Å². The van der Waals surface area contributed by atoms with Crippen molar-refractivity contribution in [2.75, 3.05) is 19.0 Å². The van der Waals surface area contributed by atoms with Gasteiger partial charge in [-0.15, -0.1) is 0 Å². The number of aromatic amines is 1. The van der Waals surface area contributed by atoms with Crippen molar-refractivity contribution in [3.63, 3.8) is 0 Å². The van der Waals surface area contributed by atoms with Crippen LogP contribution in [0.15, 0.2) is 18.5 Å². The van der Waals surface area contributed by atoms with Crippen LogP contribution in [-0.2, 0) is 16.4 Å². The van der Waals surface area contributed by atoms with Crippen LogP contribution in [0.5, 0.6) is 0 Å². The molecule has 0 saturated carbocycles. The predicted molar refractivity (Wildman–Crippen MR) is 48.7 cm³/mol. The maximum Gasteiger partial charge on any atom is 3.00 e. The van der Waals surface area contributed by atoms with Gasteiger partial charge in [-0.05, 0) is 6.07 Å². The second-order valence-corrected chi connectivity index (χ2v) is 1.96. The van der Waals surface area contributed by atoms with E-state index in [2.05, 4.69) is 9.88 Å². The Hall–Kier alpha value is 0.596. The molecule has 1 aromatic rings. The molecule has 7 heteroatoms. The molecule has 0 aliphatic carbocycles. The third-order valence-electron chi connectivity index (χ3n) is 1.10. The van der Waals surface area contributed by atoms with E-state index in [4.69, 9.17) is 0 Å². The second kappa shape index (κ2) is 15.1. The van der Waals surface area contributed by atoms with Crippen molar-refractivity contribution in [2.45, 2.75) is 0 Å².